The molecule has 0 amide bonds. The first-order valence-corrected chi connectivity index (χ1v) is 13.8. The van der Waals surface area contributed by atoms with Crippen molar-refractivity contribution >= 4 is 11.6 Å². The van der Waals surface area contributed by atoms with Crippen molar-refractivity contribution in [3.8, 4) is 11.5 Å². The fraction of sp³-hybridized carbons (Fsp3) is 0.467. The van der Waals surface area contributed by atoms with Gasteiger partial charge in [-0.25, -0.2) is 4.79 Å². The molecule has 2 aromatic carbocycles. The molecule has 1 saturated carbocycles. The maximum Gasteiger partial charge on any atom is 0.330 e. The molecule has 1 atom stereocenters. The average Bonchev–Trinajstić information content (AvgIpc) is 2.93. The second kappa shape index (κ2) is 13.2. The van der Waals surface area contributed by atoms with Gasteiger partial charge in [-0.1, -0.05) is 49.1 Å². The van der Waals surface area contributed by atoms with Gasteiger partial charge in [0.2, 0.25) is 0 Å². The first-order chi connectivity index (χ1) is 18.4. The quantitative estimate of drug-likeness (QED) is 0.325. The van der Waals surface area contributed by atoms with Gasteiger partial charge < -0.3 is 14.0 Å². The first-order valence-electron chi connectivity index (χ1n) is 13.4. The summed E-state index contributed by atoms with van der Waals surface area (Å²) in [6.45, 7) is 4.43. The van der Waals surface area contributed by atoms with Gasteiger partial charge in [0, 0.05) is 43.5 Å². The van der Waals surface area contributed by atoms with E-state index in [4.69, 9.17) is 21.1 Å². The summed E-state index contributed by atoms with van der Waals surface area (Å²) in [5.41, 5.74) is 1.68. The minimum Gasteiger partial charge on any atom is -0.493 e. The molecule has 1 heterocycles. The van der Waals surface area contributed by atoms with Crippen molar-refractivity contribution in [1.29, 1.82) is 0 Å². The third-order valence-corrected chi connectivity index (χ3v) is 7.80. The van der Waals surface area contributed by atoms with Crippen molar-refractivity contribution in [3.63, 3.8) is 0 Å². The van der Waals surface area contributed by atoms with Crippen molar-refractivity contribution in [2.45, 2.75) is 58.2 Å². The maximum absolute atomic E-state index is 12.3. The van der Waals surface area contributed by atoms with Gasteiger partial charge in [0.1, 0.15) is 6.61 Å². The molecule has 1 fully saturated rings. The molecule has 3 aromatic rings. The Balaban J connectivity index is 1.48. The molecule has 0 N–H and O–H groups in total. The van der Waals surface area contributed by atoms with Crippen LogP contribution in [0, 0.1) is 5.92 Å². The lowest BCUT2D eigenvalue weighted by Gasteiger charge is -2.34. The van der Waals surface area contributed by atoms with Crippen LogP contribution in [0.5, 0.6) is 11.5 Å². The van der Waals surface area contributed by atoms with Crippen LogP contribution in [0.3, 0.4) is 0 Å². The molecule has 0 bridgehead atoms. The van der Waals surface area contributed by atoms with E-state index in [-0.39, 0.29) is 30.4 Å². The van der Waals surface area contributed by atoms with Crippen LogP contribution in [0.4, 0.5) is 0 Å². The fourth-order valence-electron chi connectivity index (χ4n) is 5.24. The second-order valence-corrected chi connectivity index (χ2v) is 10.6. The van der Waals surface area contributed by atoms with Crippen LogP contribution in [0.1, 0.15) is 56.2 Å². The molecule has 0 aliphatic heterocycles. The van der Waals surface area contributed by atoms with Crippen LogP contribution in [-0.4, -0.2) is 34.3 Å². The number of hydrogen-bond acceptors (Lipinski definition) is 5. The molecule has 204 valence electrons. The lowest BCUT2D eigenvalue weighted by Crippen LogP contribution is -2.39. The van der Waals surface area contributed by atoms with Gasteiger partial charge in [0.15, 0.2) is 11.5 Å². The minimum atomic E-state index is -0.365. The number of benzene rings is 2. The van der Waals surface area contributed by atoms with Gasteiger partial charge in [-0.05, 0) is 61.1 Å². The smallest absolute Gasteiger partial charge is 0.330 e. The Morgan fingerprint density at radius 3 is 2.47 bits per heavy atom. The topological polar surface area (TPSA) is 65.7 Å². The number of hydrogen-bond donors (Lipinski definition) is 0. The van der Waals surface area contributed by atoms with Crippen molar-refractivity contribution in [1.82, 2.24) is 14.0 Å². The molecule has 0 unspecified atom stereocenters. The highest BCUT2D eigenvalue weighted by molar-refractivity contribution is 6.30. The zero-order chi connectivity index (χ0) is 27.1. The van der Waals surface area contributed by atoms with Gasteiger partial charge in [-0.2, -0.15) is 0 Å². The van der Waals surface area contributed by atoms with Crippen LogP contribution < -0.4 is 20.7 Å². The summed E-state index contributed by atoms with van der Waals surface area (Å²) in [7, 11) is 3.24. The Morgan fingerprint density at radius 2 is 1.76 bits per heavy atom. The summed E-state index contributed by atoms with van der Waals surface area (Å²) < 4.78 is 14.1. The van der Waals surface area contributed by atoms with E-state index >= 15 is 0 Å². The number of aromatic nitrogens is 2. The Bertz CT molecular complexity index is 1310. The first kappa shape index (κ1) is 28.0. The van der Waals surface area contributed by atoms with Crippen molar-refractivity contribution in [3.05, 3.63) is 91.7 Å². The molecule has 1 aliphatic rings. The molecule has 7 nitrogen and oxygen atoms in total. The number of rotatable bonds is 11. The molecular weight excluding hydrogens is 502 g/mol. The van der Waals surface area contributed by atoms with E-state index in [9.17, 15) is 9.59 Å². The Kier molecular flexibility index (Phi) is 9.69. The van der Waals surface area contributed by atoms with E-state index in [0.29, 0.717) is 17.4 Å². The van der Waals surface area contributed by atoms with Gasteiger partial charge in [-0.3, -0.25) is 14.3 Å². The number of ether oxygens (including phenoxy) is 2. The molecule has 0 radical (unpaired) electrons. The second-order valence-electron chi connectivity index (χ2n) is 10.2. The molecule has 0 saturated heterocycles. The van der Waals surface area contributed by atoms with Crippen molar-refractivity contribution < 1.29 is 9.47 Å². The van der Waals surface area contributed by atoms with Crippen LogP contribution >= 0.6 is 11.6 Å². The highest BCUT2D eigenvalue weighted by Crippen LogP contribution is 2.32. The summed E-state index contributed by atoms with van der Waals surface area (Å²) in [6.07, 6.45) is 8.01. The van der Waals surface area contributed by atoms with Gasteiger partial charge in [0.25, 0.3) is 5.56 Å². The third-order valence-electron chi connectivity index (χ3n) is 7.54. The van der Waals surface area contributed by atoms with E-state index in [1.54, 1.807) is 14.2 Å². The maximum atomic E-state index is 12.3. The Hall–Kier alpha value is -3.03. The Labute approximate surface area is 229 Å². The average molecular weight is 540 g/mol. The lowest BCUT2D eigenvalue weighted by atomic mass is 9.88. The normalized spacial score (nSPS) is 15.0. The summed E-state index contributed by atoms with van der Waals surface area (Å²) >= 11 is 6.15. The zero-order valence-corrected chi connectivity index (χ0v) is 23.3. The van der Waals surface area contributed by atoms with Crippen LogP contribution in [-0.2, 0) is 20.1 Å². The molecule has 4 rings (SSSR count). The predicted molar refractivity (Wildman–Crippen MR) is 151 cm³/mol. The van der Waals surface area contributed by atoms with Gasteiger partial charge >= 0.3 is 5.69 Å². The van der Waals surface area contributed by atoms with Crippen LogP contribution in [0.15, 0.2) is 64.3 Å². The number of halogens is 1. The molecular formula is C30H38ClN3O4. The third kappa shape index (κ3) is 7.08. The fourth-order valence-corrected chi connectivity index (χ4v) is 5.37. The predicted octanol–water partition coefficient (Wildman–Crippen LogP) is 5.43. The van der Waals surface area contributed by atoms with E-state index in [1.165, 1.54) is 59.1 Å². The van der Waals surface area contributed by atoms with E-state index in [1.807, 2.05) is 24.3 Å². The summed E-state index contributed by atoms with van der Waals surface area (Å²) in [5.74, 6) is 1.92. The largest absolute Gasteiger partial charge is 0.493 e. The molecule has 0 spiro atoms. The Morgan fingerprint density at radius 1 is 1.03 bits per heavy atom. The highest BCUT2D eigenvalue weighted by Gasteiger charge is 2.23. The van der Waals surface area contributed by atoms with Crippen LogP contribution in [0.25, 0.3) is 0 Å². The zero-order valence-electron chi connectivity index (χ0n) is 22.6. The van der Waals surface area contributed by atoms with Crippen LogP contribution in [0.2, 0.25) is 5.02 Å². The summed E-state index contributed by atoms with van der Waals surface area (Å²) in [5, 5.41) is 0.748. The number of methoxy groups -OCH3 is 1. The lowest BCUT2D eigenvalue weighted by molar-refractivity contribution is 0.149. The number of nitrogens with zero attached hydrogens (tertiary/aromatic N) is 3. The molecule has 38 heavy (non-hydrogen) atoms. The monoisotopic (exact) mass is 539 g/mol. The van der Waals surface area contributed by atoms with Crippen molar-refractivity contribution in [2.75, 3.05) is 20.3 Å². The molecule has 8 heteroatoms. The summed E-state index contributed by atoms with van der Waals surface area (Å²) in [6, 6.07) is 15.8. The highest BCUT2D eigenvalue weighted by atomic mass is 35.5. The number of aryl methyl sites for hydroxylation is 1. The van der Waals surface area contributed by atoms with E-state index in [0.717, 1.165) is 23.7 Å². The van der Waals surface area contributed by atoms with E-state index in [2.05, 4.69) is 30.0 Å². The van der Waals surface area contributed by atoms with E-state index < -0.39 is 0 Å². The van der Waals surface area contributed by atoms with Gasteiger partial charge in [-0.15, -0.1) is 0 Å². The van der Waals surface area contributed by atoms with Gasteiger partial charge in [0.05, 0.1) is 13.7 Å². The summed E-state index contributed by atoms with van der Waals surface area (Å²) in [4.78, 5) is 26.9. The minimum absolute atomic E-state index is 0.158. The molecule has 1 aromatic heterocycles. The van der Waals surface area contributed by atoms with Crippen molar-refractivity contribution in [2.24, 2.45) is 13.0 Å². The standard InChI is InChI=1S/C30H38ClN3O4/c1-22(25-10-12-26(31)13-11-25)33(20-23-7-5-4-6-8-23)21-24-9-14-27(28(19-24)37-3)38-18-17-34-29(35)15-16-32(2)30(34)36/h9-16,19,22-23H,4-8,17-18,20-21H2,1-3H3/t22-/m0/s1. The SMILES string of the molecule is COc1cc(CN(CC2CCCCC2)[C@@H](C)c2ccc(Cl)cc2)ccc1OCCn1c(=O)ccn(C)c1=O. The molecule has 1 aliphatic carbocycles.